The minimum Gasteiger partial charge on any atom is -0.325 e. The monoisotopic (exact) mass is 374 g/mol. The van der Waals surface area contributed by atoms with Gasteiger partial charge in [-0.25, -0.2) is 0 Å². The van der Waals surface area contributed by atoms with Crippen molar-refractivity contribution in [2.24, 2.45) is 0 Å². The van der Waals surface area contributed by atoms with Gasteiger partial charge in [-0.2, -0.15) is 0 Å². The summed E-state index contributed by atoms with van der Waals surface area (Å²) >= 11 is 11.9. The number of hydrogen-bond donors (Lipinski definition) is 1. The lowest BCUT2D eigenvalue weighted by molar-refractivity contribution is -0.141. The molecule has 1 atom stereocenters. The smallest absolute Gasteiger partial charge is 0.250 e. The number of halogens is 2. The Balaban J connectivity index is 1.73. The quantitative estimate of drug-likeness (QED) is 0.648. The molecule has 1 fully saturated rings. The van der Waals surface area contributed by atoms with Crippen LogP contribution in [-0.4, -0.2) is 22.6 Å². The Labute approximate surface area is 153 Å². The molecular weight excluding hydrogens is 363 g/mol. The van der Waals surface area contributed by atoms with Crippen LogP contribution < -0.4 is 5.32 Å². The van der Waals surface area contributed by atoms with Gasteiger partial charge in [-0.05, 0) is 35.9 Å². The minimum absolute atomic E-state index is 0.0970. The van der Waals surface area contributed by atoms with E-state index in [1.54, 1.807) is 42.5 Å². The third kappa shape index (κ3) is 2.34. The number of carbonyl (C=O) groups excluding carboxylic acids is 3. The third-order valence-corrected chi connectivity index (χ3v) is 5.15. The highest BCUT2D eigenvalue weighted by Gasteiger charge is 2.61. The Morgan fingerprint density at radius 2 is 1.68 bits per heavy atom. The molecule has 7 heteroatoms. The molecule has 126 valence electrons. The fraction of sp³-hybridized carbons (Fsp3) is 0.167. The molecule has 2 aliphatic heterocycles. The predicted molar refractivity (Wildman–Crippen MR) is 93.4 cm³/mol. The number of fused-ring (bicyclic) bond motifs is 2. The number of amides is 3. The van der Waals surface area contributed by atoms with Gasteiger partial charge in [-0.15, -0.1) is 0 Å². The van der Waals surface area contributed by atoms with Gasteiger partial charge in [0, 0.05) is 21.3 Å². The zero-order valence-electron chi connectivity index (χ0n) is 12.9. The van der Waals surface area contributed by atoms with Crippen molar-refractivity contribution in [2.75, 3.05) is 5.32 Å². The summed E-state index contributed by atoms with van der Waals surface area (Å²) in [6.45, 7) is 0.0970. The topological polar surface area (TPSA) is 66.5 Å². The van der Waals surface area contributed by atoms with Crippen LogP contribution in [0.3, 0.4) is 0 Å². The van der Waals surface area contributed by atoms with Crippen LogP contribution >= 0.6 is 23.2 Å². The summed E-state index contributed by atoms with van der Waals surface area (Å²) < 4.78 is 0. The van der Waals surface area contributed by atoms with Crippen molar-refractivity contribution < 1.29 is 14.4 Å². The predicted octanol–water partition coefficient (Wildman–Crippen LogP) is 3.14. The molecule has 0 bridgehead atoms. The summed E-state index contributed by atoms with van der Waals surface area (Å²) in [6.07, 6.45) is -0.196. The number of imide groups is 1. The van der Waals surface area contributed by atoms with Crippen molar-refractivity contribution in [2.45, 2.75) is 18.4 Å². The van der Waals surface area contributed by atoms with E-state index in [1.165, 1.54) is 0 Å². The van der Waals surface area contributed by atoms with Crippen molar-refractivity contribution in [1.82, 2.24) is 4.90 Å². The van der Waals surface area contributed by atoms with E-state index in [2.05, 4.69) is 5.32 Å². The summed E-state index contributed by atoms with van der Waals surface area (Å²) in [7, 11) is 0. The summed E-state index contributed by atoms with van der Waals surface area (Å²) in [6, 6.07) is 11.7. The van der Waals surface area contributed by atoms with Crippen molar-refractivity contribution in [3.8, 4) is 0 Å². The van der Waals surface area contributed by atoms with Crippen LogP contribution in [0.1, 0.15) is 17.5 Å². The summed E-state index contributed by atoms with van der Waals surface area (Å²) in [5, 5.41) is 3.66. The van der Waals surface area contributed by atoms with Crippen LogP contribution in [0.4, 0.5) is 5.69 Å². The second-order valence-corrected chi connectivity index (χ2v) is 7.01. The van der Waals surface area contributed by atoms with Crippen LogP contribution in [0.2, 0.25) is 10.0 Å². The van der Waals surface area contributed by atoms with Gasteiger partial charge in [-0.3, -0.25) is 19.3 Å². The molecule has 1 spiro atoms. The van der Waals surface area contributed by atoms with Crippen molar-refractivity contribution >= 4 is 46.6 Å². The fourth-order valence-corrected chi connectivity index (χ4v) is 3.69. The van der Waals surface area contributed by atoms with Crippen molar-refractivity contribution in [1.29, 1.82) is 0 Å². The van der Waals surface area contributed by atoms with E-state index in [1.807, 2.05) is 0 Å². The van der Waals surface area contributed by atoms with Gasteiger partial charge in [0.1, 0.15) is 0 Å². The molecule has 1 N–H and O–H groups in total. The number of benzene rings is 2. The first-order valence-electron chi connectivity index (χ1n) is 7.62. The molecule has 0 aromatic heterocycles. The number of nitrogens with zero attached hydrogens (tertiary/aromatic N) is 1. The first-order valence-corrected chi connectivity index (χ1v) is 8.38. The van der Waals surface area contributed by atoms with E-state index >= 15 is 0 Å². The first-order chi connectivity index (χ1) is 11.9. The molecule has 3 amide bonds. The molecule has 2 aromatic carbocycles. The third-order valence-electron chi connectivity index (χ3n) is 4.66. The number of carbonyl (C=O) groups is 3. The maximum atomic E-state index is 13.1. The number of rotatable bonds is 2. The molecule has 0 aliphatic carbocycles. The highest BCUT2D eigenvalue weighted by Crippen LogP contribution is 2.46. The maximum Gasteiger partial charge on any atom is 0.250 e. The standard InChI is InChI=1S/C18H12Cl2N2O3/c19-11-3-1-10(2-4-11)9-22-15(23)8-18(17(22)25)13-7-12(20)5-6-14(13)21-16(18)24/h1-7H,8-9H2,(H,21,24). The fourth-order valence-electron chi connectivity index (χ4n) is 3.39. The van der Waals surface area contributed by atoms with Gasteiger partial charge < -0.3 is 5.32 Å². The molecule has 1 saturated heterocycles. The number of nitrogens with one attached hydrogen (secondary N) is 1. The van der Waals surface area contributed by atoms with E-state index < -0.39 is 17.2 Å². The Bertz CT molecular complexity index is 926. The van der Waals surface area contributed by atoms with E-state index in [-0.39, 0.29) is 18.9 Å². The van der Waals surface area contributed by atoms with E-state index in [0.717, 1.165) is 10.5 Å². The second kappa shape index (κ2) is 5.58. The molecule has 0 saturated carbocycles. The van der Waals surface area contributed by atoms with E-state index in [9.17, 15) is 14.4 Å². The Morgan fingerprint density at radius 3 is 2.40 bits per heavy atom. The van der Waals surface area contributed by atoms with E-state index in [0.29, 0.717) is 21.3 Å². The van der Waals surface area contributed by atoms with Crippen molar-refractivity contribution in [3.63, 3.8) is 0 Å². The lowest BCUT2D eigenvalue weighted by atomic mass is 9.80. The Morgan fingerprint density at radius 1 is 1.00 bits per heavy atom. The van der Waals surface area contributed by atoms with Crippen LogP contribution in [0, 0.1) is 0 Å². The maximum absolute atomic E-state index is 13.1. The molecule has 4 rings (SSSR count). The van der Waals surface area contributed by atoms with Crippen LogP contribution in [0.15, 0.2) is 42.5 Å². The van der Waals surface area contributed by atoms with Gasteiger partial charge in [0.2, 0.25) is 17.7 Å². The molecule has 5 nitrogen and oxygen atoms in total. The van der Waals surface area contributed by atoms with Gasteiger partial charge in [0.25, 0.3) is 0 Å². The largest absolute Gasteiger partial charge is 0.325 e. The van der Waals surface area contributed by atoms with Crippen molar-refractivity contribution in [3.05, 3.63) is 63.6 Å². The Hall–Kier alpha value is -2.37. The summed E-state index contributed by atoms with van der Waals surface area (Å²) in [4.78, 5) is 39.3. The molecule has 2 aromatic rings. The summed E-state index contributed by atoms with van der Waals surface area (Å²) in [5.41, 5.74) is 0.211. The molecular formula is C18H12Cl2N2O3. The average molecular weight is 375 g/mol. The first kappa shape index (κ1) is 16.1. The van der Waals surface area contributed by atoms with Gasteiger partial charge in [0.15, 0.2) is 5.41 Å². The normalized spacial score (nSPS) is 21.8. The molecule has 0 radical (unpaired) electrons. The molecule has 25 heavy (non-hydrogen) atoms. The van der Waals surface area contributed by atoms with Crippen LogP contribution in [0.25, 0.3) is 0 Å². The zero-order chi connectivity index (χ0) is 17.8. The molecule has 2 heterocycles. The van der Waals surface area contributed by atoms with Crippen LogP contribution in [-0.2, 0) is 26.3 Å². The zero-order valence-corrected chi connectivity index (χ0v) is 14.4. The number of likely N-dealkylation sites (tertiary alicyclic amines) is 1. The summed E-state index contributed by atoms with van der Waals surface area (Å²) in [5.74, 6) is -1.39. The van der Waals surface area contributed by atoms with Crippen LogP contribution in [0.5, 0.6) is 0 Å². The Kier molecular flexibility index (Phi) is 3.60. The minimum atomic E-state index is -1.52. The lowest BCUT2D eigenvalue weighted by Gasteiger charge is -2.20. The molecule has 1 unspecified atom stereocenters. The lowest BCUT2D eigenvalue weighted by Crippen LogP contribution is -2.43. The number of anilines is 1. The van der Waals surface area contributed by atoms with Gasteiger partial charge in [-0.1, -0.05) is 35.3 Å². The van der Waals surface area contributed by atoms with Gasteiger partial charge >= 0.3 is 0 Å². The highest BCUT2D eigenvalue weighted by molar-refractivity contribution is 6.32. The average Bonchev–Trinajstić information content (AvgIpc) is 2.99. The van der Waals surface area contributed by atoms with Gasteiger partial charge in [0.05, 0.1) is 13.0 Å². The molecule has 2 aliphatic rings. The number of hydrogen-bond acceptors (Lipinski definition) is 3. The second-order valence-electron chi connectivity index (χ2n) is 6.14. The van der Waals surface area contributed by atoms with E-state index in [4.69, 9.17) is 23.2 Å². The highest BCUT2D eigenvalue weighted by atomic mass is 35.5. The SMILES string of the molecule is O=C1CC2(C(=O)Nc3ccc(Cl)cc32)C(=O)N1Cc1ccc(Cl)cc1.